The first-order valence-corrected chi connectivity index (χ1v) is 11.4. The second-order valence-electron chi connectivity index (χ2n) is 8.73. The number of nitrogens with one attached hydrogen (secondary N) is 2. The van der Waals surface area contributed by atoms with Gasteiger partial charge in [0.2, 0.25) is 11.8 Å². The van der Waals surface area contributed by atoms with Gasteiger partial charge in [-0.1, -0.05) is 11.6 Å². The number of pyridine rings is 2. The van der Waals surface area contributed by atoms with Crippen LogP contribution in [0.15, 0.2) is 23.4 Å². The molecule has 176 valence electrons. The number of methoxy groups -OCH3 is 1. The Bertz CT molecular complexity index is 1110. The number of hydrogen-bond acceptors (Lipinski definition) is 7. The van der Waals surface area contributed by atoms with Crippen LogP contribution in [0.2, 0.25) is 5.02 Å². The van der Waals surface area contributed by atoms with Crippen LogP contribution in [0.4, 0.5) is 5.82 Å². The van der Waals surface area contributed by atoms with Gasteiger partial charge in [0, 0.05) is 38.0 Å². The van der Waals surface area contributed by atoms with Crippen LogP contribution >= 0.6 is 11.6 Å². The van der Waals surface area contributed by atoms with Crippen LogP contribution in [-0.4, -0.2) is 59.4 Å². The van der Waals surface area contributed by atoms with Gasteiger partial charge in [-0.3, -0.25) is 4.79 Å². The fourth-order valence-corrected chi connectivity index (χ4v) is 4.99. The number of likely N-dealkylation sites (tertiary alicyclic amines) is 1. The predicted octanol–water partition coefficient (Wildman–Crippen LogP) is 2.42. The van der Waals surface area contributed by atoms with E-state index in [1.807, 2.05) is 18.7 Å². The summed E-state index contributed by atoms with van der Waals surface area (Å²) in [6, 6.07) is 3.80. The zero-order chi connectivity index (χ0) is 23.8. The molecule has 2 aliphatic rings. The Morgan fingerprint density at radius 2 is 2.21 bits per heavy atom. The van der Waals surface area contributed by atoms with E-state index in [0.717, 1.165) is 47.5 Å². The number of nitrogens with two attached hydrogens (primary N) is 1. The number of halogens is 1. The highest BCUT2D eigenvalue weighted by atomic mass is 35.5. The summed E-state index contributed by atoms with van der Waals surface area (Å²) >= 11 is 6.34. The molecule has 0 aliphatic carbocycles. The number of aryl methyl sites for hydroxylation is 2. The molecule has 1 fully saturated rings. The average Bonchev–Trinajstić information content (AvgIpc) is 3.21. The van der Waals surface area contributed by atoms with Crippen LogP contribution in [0.3, 0.4) is 0 Å². The molecule has 0 unspecified atom stereocenters. The van der Waals surface area contributed by atoms with Crippen LogP contribution in [0.1, 0.15) is 48.1 Å². The number of nitrogens with zero attached hydrogens (tertiary/aromatic N) is 4. The second kappa shape index (κ2) is 9.05. The third-order valence-corrected chi connectivity index (χ3v) is 6.94. The Hall–Kier alpha value is -3.07. The number of rotatable bonds is 5. The van der Waals surface area contributed by atoms with Crippen LogP contribution < -0.4 is 21.2 Å². The molecule has 1 saturated heterocycles. The van der Waals surface area contributed by atoms with Crippen molar-refractivity contribution >= 4 is 29.2 Å². The molecule has 4 rings (SSSR count). The number of carbonyl (C=O) groups excluding carboxylic acids is 1. The molecule has 2 aliphatic heterocycles. The van der Waals surface area contributed by atoms with Crippen LogP contribution in [-0.2, 0) is 11.2 Å². The fraction of sp³-hybridized carbons (Fsp3) is 0.478. The molecular formula is C23H30ClN7O2. The minimum Gasteiger partial charge on any atom is -0.481 e. The lowest BCUT2D eigenvalue weighted by atomic mass is 9.86. The smallest absolute Gasteiger partial charge is 0.229 e. The fourth-order valence-electron chi connectivity index (χ4n) is 4.72. The van der Waals surface area contributed by atoms with Crippen molar-refractivity contribution in [3.05, 3.63) is 45.7 Å². The first kappa shape index (κ1) is 23.1. The van der Waals surface area contributed by atoms with E-state index in [4.69, 9.17) is 27.1 Å². The van der Waals surface area contributed by atoms with Crippen molar-refractivity contribution in [1.82, 2.24) is 20.3 Å². The highest BCUT2D eigenvalue weighted by Crippen LogP contribution is 2.38. The standard InChI is InChI=1S/C23H30ClN7O2/c1-13(16-10-19(33-4)27-11-18(16)24)22(32)31-8-7-23(12-31)6-5-15-9-17(20(25)30-26-3)14(2)28-21(15)29-23/h9-11,13,26H,5-8,12H2,1-4H3,(H2,25,30)(H,28,29)/t13-,23+/m1/s1. The van der Waals surface area contributed by atoms with E-state index in [1.54, 1.807) is 20.2 Å². The number of amides is 1. The lowest BCUT2D eigenvalue weighted by Crippen LogP contribution is -2.46. The summed E-state index contributed by atoms with van der Waals surface area (Å²) < 4.78 is 5.20. The van der Waals surface area contributed by atoms with E-state index in [0.29, 0.717) is 29.8 Å². The van der Waals surface area contributed by atoms with Gasteiger partial charge >= 0.3 is 0 Å². The summed E-state index contributed by atoms with van der Waals surface area (Å²) in [5.41, 5.74) is 12.1. The quantitative estimate of drug-likeness (QED) is 0.348. The molecule has 0 radical (unpaired) electrons. The number of amidine groups is 1. The third kappa shape index (κ3) is 4.42. The molecular weight excluding hydrogens is 442 g/mol. The maximum Gasteiger partial charge on any atom is 0.229 e. The van der Waals surface area contributed by atoms with Crippen molar-refractivity contribution in [2.24, 2.45) is 10.8 Å². The van der Waals surface area contributed by atoms with Crippen molar-refractivity contribution in [3.63, 3.8) is 0 Å². The second-order valence-corrected chi connectivity index (χ2v) is 9.14. The number of hydrazone groups is 1. The van der Waals surface area contributed by atoms with E-state index in [9.17, 15) is 4.79 Å². The zero-order valence-electron chi connectivity index (χ0n) is 19.4. The summed E-state index contributed by atoms with van der Waals surface area (Å²) in [5, 5.41) is 8.19. The SMILES string of the molecule is CN/N=C(\N)c1cc2c(nc1C)N[C@@]1(CC2)CCN(C(=O)[C@H](C)c2cc(OC)ncc2Cl)C1. The molecule has 2 aromatic rings. The molecule has 2 atom stereocenters. The summed E-state index contributed by atoms with van der Waals surface area (Å²) in [6.07, 6.45) is 4.17. The molecule has 10 heteroatoms. The van der Waals surface area contributed by atoms with E-state index in [1.165, 1.54) is 6.20 Å². The molecule has 0 saturated carbocycles. The number of aromatic nitrogens is 2. The lowest BCUT2D eigenvalue weighted by Gasteiger charge is -2.36. The van der Waals surface area contributed by atoms with Gasteiger partial charge in [-0.15, -0.1) is 0 Å². The number of hydrogen-bond donors (Lipinski definition) is 3. The van der Waals surface area contributed by atoms with Gasteiger partial charge in [0.25, 0.3) is 0 Å². The summed E-state index contributed by atoms with van der Waals surface area (Å²) in [5.74, 6) is 1.38. The van der Waals surface area contributed by atoms with Crippen molar-refractivity contribution in [2.75, 3.05) is 32.6 Å². The van der Waals surface area contributed by atoms with Gasteiger partial charge in [0.1, 0.15) is 5.82 Å². The zero-order valence-corrected chi connectivity index (χ0v) is 20.2. The van der Waals surface area contributed by atoms with Crippen molar-refractivity contribution in [2.45, 2.75) is 44.6 Å². The van der Waals surface area contributed by atoms with Gasteiger partial charge in [0.05, 0.1) is 29.3 Å². The van der Waals surface area contributed by atoms with Crippen molar-refractivity contribution < 1.29 is 9.53 Å². The van der Waals surface area contributed by atoms with Gasteiger partial charge in [-0.05, 0) is 50.3 Å². The first-order valence-electron chi connectivity index (χ1n) is 11.0. The molecule has 4 N–H and O–H groups in total. The number of carbonyl (C=O) groups is 1. The van der Waals surface area contributed by atoms with E-state index in [-0.39, 0.29) is 11.4 Å². The monoisotopic (exact) mass is 471 g/mol. The topological polar surface area (TPSA) is 118 Å². The van der Waals surface area contributed by atoms with Crippen molar-refractivity contribution in [3.8, 4) is 5.88 Å². The molecule has 0 bridgehead atoms. The summed E-state index contributed by atoms with van der Waals surface area (Å²) in [7, 11) is 3.26. The summed E-state index contributed by atoms with van der Waals surface area (Å²) in [4.78, 5) is 24.1. The summed E-state index contributed by atoms with van der Waals surface area (Å²) in [6.45, 7) is 5.11. The highest BCUT2D eigenvalue weighted by Gasteiger charge is 2.43. The first-order chi connectivity index (χ1) is 15.8. The molecule has 1 spiro atoms. The van der Waals surface area contributed by atoms with Gasteiger partial charge in [0.15, 0.2) is 5.84 Å². The number of anilines is 1. The number of fused-ring (bicyclic) bond motifs is 1. The maximum atomic E-state index is 13.3. The Balaban J connectivity index is 1.51. The minimum absolute atomic E-state index is 0.0464. The Morgan fingerprint density at radius 3 is 2.94 bits per heavy atom. The van der Waals surface area contributed by atoms with Gasteiger partial charge < -0.3 is 26.1 Å². The molecule has 2 aromatic heterocycles. The van der Waals surface area contributed by atoms with Crippen LogP contribution in [0, 0.1) is 6.92 Å². The highest BCUT2D eigenvalue weighted by molar-refractivity contribution is 6.31. The number of ether oxygens (including phenoxy) is 1. The average molecular weight is 472 g/mol. The van der Waals surface area contributed by atoms with E-state index in [2.05, 4.69) is 26.9 Å². The Morgan fingerprint density at radius 1 is 1.42 bits per heavy atom. The molecule has 33 heavy (non-hydrogen) atoms. The molecule has 4 heterocycles. The Kier molecular flexibility index (Phi) is 6.34. The minimum atomic E-state index is -0.391. The maximum absolute atomic E-state index is 13.3. The van der Waals surface area contributed by atoms with Gasteiger partial charge in [-0.25, -0.2) is 9.97 Å². The van der Waals surface area contributed by atoms with Crippen molar-refractivity contribution in [1.29, 1.82) is 0 Å². The van der Waals surface area contributed by atoms with E-state index < -0.39 is 5.92 Å². The molecule has 9 nitrogen and oxygen atoms in total. The lowest BCUT2D eigenvalue weighted by molar-refractivity contribution is -0.131. The Labute approximate surface area is 198 Å². The molecule has 0 aromatic carbocycles. The predicted molar refractivity (Wildman–Crippen MR) is 129 cm³/mol. The molecule has 1 amide bonds. The third-order valence-electron chi connectivity index (χ3n) is 6.63. The van der Waals surface area contributed by atoms with E-state index >= 15 is 0 Å². The normalized spacial score (nSPS) is 20.9. The van der Waals surface area contributed by atoms with Gasteiger partial charge in [-0.2, -0.15) is 5.10 Å². The van der Waals surface area contributed by atoms with Crippen LogP contribution in [0.25, 0.3) is 0 Å². The van der Waals surface area contributed by atoms with Crippen LogP contribution in [0.5, 0.6) is 5.88 Å². The largest absolute Gasteiger partial charge is 0.481 e.